The van der Waals surface area contributed by atoms with Gasteiger partial charge < -0.3 is 9.84 Å². The van der Waals surface area contributed by atoms with Crippen LogP contribution < -0.4 is 5.69 Å². The Bertz CT molecular complexity index is 515. The van der Waals surface area contributed by atoms with Gasteiger partial charge in [0.25, 0.3) is 0 Å². The first-order chi connectivity index (χ1) is 9.26. The normalized spacial score (nSPS) is 18.1. The Morgan fingerprint density at radius 2 is 2.10 bits per heavy atom. The van der Waals surface area contributed by atoms with Gasteiger partial charge in [-0.1, -0.05) is 0 Å². The number of hydrogen-bond acceptors (Lipinski definition) is 5. The van der Waals surface area contributed by atoms with E-state index in [1.165, 1.54) is 4.68 Å². The van der Waals surface area contributed by atoms with Crippen molar-refractivity contribution in [3.05, 3.63) is 16.3 Å². The van der Waals surface area contributed by atoms with Crippen LogP contribution in [0.2, 0.25) is 0 Å². The van der Waals surface area contributed by atoms with Crippen LogP contribution in [0.5, 0.6) is 0 Å². The number of hydrogen-bond donors (Lipinski definition) is 1. The van der Waals surface area contributed by atoms with Gasteiger partial charge in [0.05, 0.1) is 24.9 Å². The van der Waals surface area contributed by atoms with Crippen LogP contribution in [-0.4, -0.2) is 55.8 Å². The molecule has 0 bridgehead atoms. The maximum Gasteiger partial charge on any atom is 0.345 e. The van der Waals surface area contributed by atoms with Crippen molar-refractivity contribution in [2.24, 2.45) is 7.05 Å². The average molecular weight is 284 g/mol. The standard InChI is InChI=1S/C13H24N4O3/c1-13(2,3)20-9-10(18)7-16-5-6-17-11(8-16)14-15(4)12(17)19/h10,18H,5-9H2,1-4H3. The molecule has 0 saturated heterocycles. The predicted octanol–water partition coefficient (Wildman–Crippen LogP) is -0.427. The molecule has 7 heteroatoms. The van der Waals surface area contributed by atoms with Crippen LogP contribution in [0.15, 0.2) is 4.79 Å². The summed E-state index contributed by atoms with van der Waals surface area (Å²) < 4.78 is 8.62. The fraction of sp³-hybridized carbons (Fsp3) is 0.846. The molecule has 1 unspecified atom stereocenters. The Balaban J connectivity index is 1.88. The summed E-state index contributed by atoms with van der Waals surface area (Å²) in [5.41, 5.74) is -0.319. The molecule has 0 aliphatic carbocycles. The third-order valence-electron chi connectivity index (χ3n) is 3.27. The quantitative estimate of drug-likeness (QED) is 0.812. The second-order valence-corrected chi connectivity index (χ2v) is 6.29. The summed E-state index contributed by atoms with van der Waals surface area (Å²) in [6.07, 6.45) is -0.531. The highest BCUT2D eigenvalue weighted by Crippen LogP contribution is 2.10. The highest BCUT2D eigenvalue weighted by molar-refractivity contribution is 4.92. The molecule has 1 aliphatic heterocycles. The molecule has 7 nitrogen and oxygen atoms in total. The van der Waals surface area contributed by atoms with Crippen LogP contribution in [-0.2, 0) is 24.9 Å². The SMILES string of the molecule is Cn1nc2n(c1=O)CCN(CC(O)COC(C)(C)C)C2. The second-order valence-electron chi connectivity index (χ2n) is 6.29. The number of aliphatic hydroxyl groups is 1. The van der Waals surface area contributed by atoms with Crippen molar-refractivity contribution < 1.29 is 9.84 Å². The van der Waals surface area contributed by atoms with Crippen LogP contribution in [0.25, 0.3) is 0 Å². The summed E-state index contributed by atoms with van der Waals surface area (Å²) in [5, 5.41) is 14.2. The highest BCUT2D eigenvalue weighted by Gasteiger charge is 2.23. The molecule has 0 fully saturated rings. The summed E-state index contributed by atoms with van der Waals surface area (Å²) in [7, 11) is 1.66. The Morgan fingerprint density at radius 3 is 2.75 bits per heavy atom. The Kier molecular flexibility index (Phi) is 4.31. The lowest BCUT2D eigenvalue weighted by Gasteiger charge is -2.29. The Morgan fingerprint density at radius 1 is 1.40 bits per heavy atom. The monoisotopic (exact) mass is 284 g/mol. The molecule has 1 aromatic heterocycles. The fourth-order valence-corrected chi connectivity index (χ4v) is 2.27. The lowest BCUT2D eigenvalue weighted by atomic mass is 10.2. The second kappa shape index (κ2) is 5.67. The van der Waals surface area contributed by atoms with E-state index >= 15 is 0 Å². The van der Waals surface area contributed by atoms with Crippen molar-refractivity contribution in [1.82, 2.24) is 19.2 Å². The van der Waals surface area contributed by atoms with Crippen LogP contribution in [0.1, 0.15) is 26.6 Å². The number of aromatic nitrogens is 3. The molecule has 1 atom stereocenters. The minimum atomic E-state index is -0.531. The Labute approximate surface area is 118 Å². The number of aryl methyl sites for hydroxylation is 1. The zero-order valence-electron chi connectivity index (χ0n) is 12.7. The number of aliphatic hydroxyl groups excluding tert-OH is 1. The van der Waals surface area contributed by atoms with Gasteiger partial charge in [-0.25, -0.2) is 9.48 Å². The molecule has 2 heterocycles. The highest BCUT2D eigenvalue weighted by atomic mass is 16.5. The zero-order chi connectivity index (χ0) is 14.9. The number of β-amino-alcohol motifs (C(OH)–C–C–N with tert-alkyl or cyclic N) is 1. The number of nitrogens with zero attached hydrogens (tertiary/aromatic N) is 4. The molecule has 0 spiro atoms. The molecule has 114 valence electrons. The summed E-state index contributed by atoms with van der Waals surface area (Å²) in [6, 6.07) is 0. The van der Waals surface area contributed by atoms with Crippen LogP contribution >= 0.6 is 0 Å². The van der Waals surface area contributed by atoms with Crippen molar-refractivity contribution in [2.75, 3.05) is 19.7 Å². The van der Waals surface area contributed by atoms with Gasteiger partial charge >= 0.3 is 5.69 Å². The number of ether oxygens (including phenoxy) is 1. The van der Waals surface area contributed by atoms with Crippen molar-refractivity contribution in [3.63, 3.8) is 0 Å². The predicted molar refractivity (Wildman–Crippen MR) is 74.5 cm³/mol. The molecule has 0 saturated carbocycles. The fourth-order valence-electron chi connectivity index (χ4n) is 2.27. The van der Waals surface area contributed by atoms with Crippen LogP contribution in [0.4, 0.5) is 0 Å². The van der Waals surface area contributed by atoms with E-state index in [4.69, 9.17) is 4.74 Å². The van der Waals surface area contributed by atoms with Crippen molar-refractivity contribution in [1.29, 1.82) is 0 Å². The van der Waals surface area contributed by atoms with Gasteiger partial charge in [-0.05, 0) is 20.8 Å². The number of rotatable bonds is 4. The van der Waals surface area contributed by atoms with Gasteiger partial charge in [0.2, 0.25) is 0 Å². The van der Waals surface area contributed by atoms with Gasteiger partial charge in [-0.3, -0.25) is 9.47 Å². The van der Waals surface area contributed by atoms with Crippen molar-refractivity contribution >= 4 is 0 Å². The lowest BCUT2D eigenvalue weighted by Crippen LogP contribution is -2.42. The van der Waals surface area contributed by atoms with Crippen LogP contribution in [0.3, 0.4) is 0 Å². The van der Waals surface area contributed by atoms with Crippen molar-refractivity contribution in [3.8, 4) is 0 Å². The molecule has 0 amide bonds. The Hall–Kier alpha value is -1.18. The minimum absolute atomic E-state index is 0.0729. The average Bonchev–Trinajstić information content (AvgIpc) is 2.61. The molecule has 0 radical (unpaired) electrons. The van der Waals surface area contributed by atoms with Crippen LogP contribution in [0, 0.1) is 0 Å². The zero-order valence-corrected chi connectivity index (χ0v) is 12.7. The van der Waals surface area contributed by atoms with Gasteiger partial charge in [-0.2, -0.15) is 5.10 Å². The van der Waals surface area contributed by atoms with E-state index in [0.717, 1.165) is 12.4 Å². The number of fused-ring (bicyclic) bond motifs is 1. The first kappa shape index (κ1) is 15.2. The summed E-state index contributed by atoms with van der Waals surface area (Å²) in [4.78, 5) is 13.8. The van der Waals surface area contributed by atoms with E-state index in [1.807, 2.05) is 20.8 Å². The third-order valence-corrected chi connectivity index (χ3v) is 3.27. The maximum atomic E-state index is 11.7. The van der Waals surface area contributed by atoms with E-state index in [2.05, 4.69) is 10.00 Å². The maximum absolute atomic E-state index is 11.7. The third kappa shape index (κ3) is 3.68. The molecule has 1 aliphatic rings. The molecule has 20 heavy (non-hydrogen) atoms. The summed E-state index contributed by atoms with van der Waals surface area (Å²) >= 11 is 0. The van der Waals surface area contributed by atoms with Gasteiger partial charge in [0.15, 0.2) is 0 Å². The molecule has 1 N–H and O–H groups in total. The first-order valence-electron chi connectivity index (χ1n) is 6.93. The largest absolute Gasteiger partial charge is 0.389 e. The summed E-state index contributed by atoms with van der Waals surface area (Å²) in [6.45, 7) is 8.69. The molecular weight excluding hydrogens is 260 g/mol. The van der Waals surface area contributed by atoms with Crippen molar-refractivity contribution in [2.45, 2.75) is 45.6 Å². The molecule has 1 aromatic rings. The van der Waals surface area contributed by atoms with Gasteiger partial charge in [0, 0.05) is 26.7 Å². The smallest absolute Gasteiger partial charge is 0.345 e. The first-order valence-corrected chi connectivity index (χ1v) is 6.93. The van der Waals surface area contributed by atoms with E-state index < -0.39 is 6.10 Å². The van der Waals surface area contributed by atoms with Gasteiger partial charge in [0.1, 0.15) is 5.82 Å². The van der Waals surface area contributed by atoms with E-state index in [-0.39, 0.29) is 11.3 Å². The molecule has 0 aromatic carbocycles. The minimum Gasteiger partial charge on any atom is -0.389 e. The summed E-state index contributed by atoms with van der Waals surface area (Å²) in [5.74, 6) is 0.757. The molecular formula is C13H24N4O3. The molecule has 2 rings (SSSR count). The lowest BCUT2D eigenvalue weighted by molar-refractivity contribution is -0.0577. The van der Waals surface area contributed by atoms with Gasteiger partial charge in [-0.15, -0.1) is 0 Å². The topological polar surface area (TPSA) is 72.5 Å². The van der Waals surface area contributed by atoms with E-state index in [0.29, 0.717) is 26.2 Å². The van der Waals surface area contributed by atoms with E-state index in [9.17, 15) is 9.90 Å². The van der Waals surface area contributed by atoms with E-state index in [1.54, 1.807) is 11.6 Å².